The highest BCUT2D eigenvalue weighted by molar-refractivity contribution is 7.19. The number of hydrogen-bond acceptors (Lipinski definition) is 8. The van der Waals surface area contributed by atoms with Crippen molar-refractivity contribution in [1.29, 1.82) is 0 Å². The summed E-state index contributed by atoms with van der Waals surface area (Å²) in [6.07, 6.45) is 6.71. The molecule has 2 N–H and O–H groups in total. The molecule has 5 aromatic rings. The maximum Gasteiger partial charge on any atom is 0.324 e. The molecule has 6 rings (SSSR count). The van der Waals surface area contributed by atoms with Crippen LogP contribution >= 0.6 is 11.3 Å². The Kier molecular flexibility index (Phi) is 8.52. The van der Waals surface area contributed by atoms with Crippen LogP contribution in [0.15, 0.2) is 67.1 Å². The summed E-state index contributed by atoms with van der Waals surface area (Å²) in [4.78, 5) is 40.4. The number of urea groups is 1. The van der Waals surface area contributed by atoms with E-state index < -0.39 is 11.8 Å². The van der Waals surface area contributed by atoms with E-state index in [4.69, 9.17) is 4.74 Å². The van der Waals surface area contributed by atoms with E-state index in [0.29, 0.717) is 47.7 Å². The lowest BCUT2D eigenvalue weighted by Gasteiger charge is -2.11. The Hall–Kier alpha value is -5.17. The molecule has 1 saturated heterocycles. The van der Waals surface area contributed by atoms with E-state index >= 15 is 0 Å². The molecule has 3 amide bonds. The van der Waals surface area contributed by atoms with Gasteiger partial charge in [0.05, 0.1) is 28.7 Å². The molecule has 0 aliphatic carbocycles. The van der Waals surface area contributed by atoms with Gasteiger partial charge < -0.3 is 10.1 Å². The van der Waals surface area contributed by atoms with Gasteiger partial charge >= 0.3 is 12.0 Å². The number of nitrogens with zero attached hydrogens (tertiary/aromatic N) is 6. The summed E-state index contributed by atoms with van der Waals surface area (Å²) in [7, 11) is 0. The van der Waals surface area contributed by atoms with E-state index in [1.54, 1.807) is 48.4 Å². The largest absolute Gasteiger partial charge is 0.424 e. The van der Waals surface area contributed by atoms with Gasteiger partial charge in [-0.05, 0) is 73.2 Å². The van der Waals surface area contributed by atoms with Gasteiger partial charge in [0, 0.05) is 25.2 Å². The molecule has 0 radical (unpaired) electrons. The predicted octanol–water partition coefficient (Wildman–Crippen LogP) is 6.99. The zero-order valence-electron chi connectivity index (χ0n) is 25.0. The first-order valence-electron chi connectivity index (χ1n) is 14.5. The van der Waals surface area contributed by atoms with Crippen molar-refractivity contribution >= 4 is 39.9 Å². The second-order valence-corrected chi connectivity index (χ2v) is 12.1. The normalized spacial score (nSPS) is 13.0. The number of benzene rings is 2. The fourth-order valence-corrected chi connectivity index (χ4v) is 5.85. The number of aryl methyl sites for hydroxylation is 1. The molecule has 13 heteroatoms. The molecule has 0 atom stereocenters. The minimum atomic E-state index is -0.562. The zero-order chi connectivity index (χ0) is 31.5. The third-order valence-electron chi connectivity index (χ3n) is 6.98. The van der Waals surface area contributed by atoms with Crippen molar-refractivity contribution in [2.24, 2.45) is 5.92 Å². The highest BCUT2D eigenvalue weighted by Crippen LogP contribution is 2.34. The highest BCUT2D eigenvalue weighted by atomic mass is 32.1. The average Bonchev–Trinajstić information content (AvgIpc) is 3.74. The summed E-state index contributed by atoms with van der Waals surface area (Å²) in [6.45, 7) is 6.64. The van der Waals surface area contributed by atoms with Crippen molar-refractivity contribution < 1.29 is 18.7 Å². The second-order valence-electron chi connectivity index (χ2n) is 11.1. The molecule has 1 fully saturated rings. The van der Waals surface area contributed by atoms with Gasteiger partial charge in [-0.1, -0.05) is 31.3 Å². The summed E-state index contributed by atoms with van der Waals surface area (Å²) in [5.41, 5.74) is 3.03. The summed E-state index contributed by atoms with van der Waals surface area (Å²) in [5.74, 6) is 0.858. The van der Waals surface area contributed by atoms with E-state index in [9.17, 15) is 14.0 Å². The van der Waals surface area contributed by atoms with Crippen LogP contribution in [0.3, 0.4) is 0 Å². The number of thiazole rings is 1. The molecule has 230 valence electrons. The summed E-state index contributed by atoms with van der Waals surface area (Å²) >= 11 is 1.47. The third kappa shape index (κ3) is 6.99. The molecule has 3 aromatic heterocycles. The Labute approximate surface area is 263 Å². The molecule has 4 heterocycles. The molecule has 45 heavy (non-hydrogen) atoms. The Morgan fingerprint density at radius 2 is 1.82 bits per heavy atom. The molecule has 0 unspecified atom stereocenters. The maximum absolute atomic E-state index is 14.8. The van der Waals surface area contributed by atoms with Gasteiger partial charge in [-0.15, -0.1) is 0 Å². The number of amides is 3. The van der Waals surface area contributed by atoms with E-state index in [1.807, 2.05) is 12.1 Å². The number of nitrogens with one attached hydrogen (secondary N) is 2. The zero-order valence-corrected chi connectivity index (χ0v) is 25.8. The SMILES string of the molecule is Cc1ccc(-n2nc(CC(C)C)cc2NC(=O)Nc2cnc(Oc3ccc(-c4cnc(N5CCCC5=O)s4)cc3)nc2)c(F)c1. The van der Waals surface area contributed by atoms with Gasteiger partial charge in [0.2, 0.25) is 5.91 Å². The Morgan fingerprint density at radius 3 is 2.51 bits per heavy atom. The number of halogens is 1. The van der Waals surface area contributed by atoms with Gasteiger partial charge in [-0.3, -0.25) is 15.0 Å². The fraction of sp³-hybridized carbons (Fsp3) is 0.250. The molecule has 1 aliphatic rings. The van der Waals surface area contributed by atoms with E-state index in [2.05, 4.69) is 44.5 Å². The number of carbonyl (C=O) groups excluding carboxylic acids is 2. The molecule has 0 saturated carbocycles. The summed E-state index contributed by atoms with van der Waals surface area (Å²) < 4.78 is 22.0. The lowest BCUT2D eigenvalue weighted by atomic mass is 10.1. The molecular weight excluding hydrogens is 595 g/mol. The van der Waals surface area contributed by atoms with E-state index in [1.165, 1.54) is 34.5 Å². The van der Waals surface area contributed by atoms with Crippen LogP contribution < -0.4 is 20.3 Å². The minimum absolute atomic E-state index is 0.104. The number of carbonyl (C=O) groups is 2. The van der Waals surface area contributed by atoms with Crippen LogP contribution in [0.5, 0.6) is 11.8 Å². The van der Waals surface area contributed by atoms with Crippen LogP contribution in [0.25, 0.3) is 16.1 Å². The monoisotopic (exact) mass is 626 g/mol. The average molecular weight is 627 g/mol. The third-order valence-corrected chi connectivity index (χ3v) is 8.05. The second kappa shape index (κ2) is 12.8. The maximum atomic E-state index is 14.8. The first-order valence-corrected chi connectivity index (χ1v) is 15.3. The predicted molar refractivity (Wildman–Crippen MR) is 171 cm³/mol. The van der Waals surface area contributed by atoms with Crippen LogP contribution in [-0.4, -0.2) is 43.2 Å². The molecule has 0 spiro atoms. The van der Waals surface area contributed by atoms with Crippen molar-refractivity contribution in [2.75, 3.05) is 22.1 Å². The number of rotatable bonds is 9. The van der Waals surface area contributed by atoms with Gasteiger partial charge in [0.25, 0.3) is 0 Å². The molecule has 0 bridgehead atoms. The molecular formula is C32H31FN8O3S. The molecule has 1 aliphatic heterocycles. The topological polar surface area (TPSA) is 127 Å². The first kappa shape index (κ1) is 29.9. The minimum Gasteiger partial charge on any atom is -0.424 e. The summed E-state index contributed by atoms with van der Waals surface area (Å²) in [5, 5.41) is 10.7. The van der Waals surface area contributed by atoms with Gasteiger partial charge in [-0.25, -0.2) is 28.8 Å². The van der Waals surface area contributed by atoms with Crippen molar-refractivity contribution in [2.45, 2.75) is 40.0 Å². The standard InChI is InChI=1S/C32H31FN8O3S/c1-19(2)13-22-15-28(41(39-22)26-11-6-20(3)14-25(26)33)38-30(43)37-23-16-34-31(35-17-23)44-24-9-7-21(8-10-24)27-18-36-32(45-27)40-12-4-5-29(40)42/h6-11,14-19H,4-5,12-13H2,1-3H3,(H2,37,38,43). The Balaban J connectivity index is 1.08. The first-order chi connectivity index (χ1) is 21.7. The van der Waals surface area contributed by atoms with Crippen LogP contribution in [-0.2, 0) is 11.2 Å². The van der Waals surface area contributed by atoms with Gasteiger partial charge in [0.1, 0.15) is 23.1 Å². The highest BCUT2D eigenvalue weighted by Gasteiger charge is 2.24. The number of hydrogen-bond donors (Lipinski definition) is 2. The summed E-state index contributed by atoms with van der Waals surface area (Å²) in [6, 6.07) is 13.5. The fourth-order valence-electron chi connectivity index (χ4n) is 4.88. The van der Waals surface area contributed by atoms with E-state index in [-0.39, 0.29) is 17.6 Å². The lowest BCUT2D eigenvalue weighted by Crippen LogP contribution is -2.23. The van der Waals surface area contributed by atoms with Crippen LogP contribution in [0.2, 0.25) is 0 Å². The van der Waals surface area contributed by atoms with Crippen LogP contribution in [0.4, 0.5) is 25.8 Å². The van der Waals surface area contributed by atoms with Gasteiger partial charge in [-0.2, -0.15) is 5.10 Å². The lowest BCUT2D eigenvalue weighted by molar-refractivity contribution is -0.117. The Morgan fingerprint density at radius 1 is 1.04 bits per heavy atom. The van der Waals surface area contributed by atoms with E-state index in [0.717, 1.165) is 28.1 Å². The Bertz CT molecular complexity index is 1840. The van der Waals surface area contributed by atoms with Crippen molar-refractivity contribution in [3.05, 3.63) is 84.2 Å². The van der Waals surface area contributed by atoms with Crippen molar-refractivity contribution in [3.8, 4) is 27.9 Å². The molecule has 2 aromatic carbocycles. The van der Waals surface area contributed by atoms with Crippen LogP contribution in [0, 0.1) is 18.7 Å². The number of ether oxygens (including phenoxy) is 1. The quantitative estimate of drug-likeness (QED) is 0.180. The number of anilines is 3. The van der Waals surface area contributed by atoms with Crippen LogP contribution in [0.1, 0.15) is 37.9 Å². The van der Waals surface area contributed by atoms with Crippen molar-refractivity contribution in [1.82, 2.24) is 24.7 Å². The number of aromatic nitrogens is 5. The van der Waals surface area contributed by atoms with Crippen molar-refractivity contribution in [3.63, 3.8) is 0 Å². The smallest absolute Gasteiger partial charge is 0.324 e. The molecule has 11 nitrogen and oxygen atoms in total. The van der Waals surface area contributed by atoms with Gasteiger partial charge in [0.15, 0.2) is 5.13 Å².